The predicted molar refractivity (Wildman–Crippen MR) is 142 cm³/mol. The van der Waals surface area contributed by atoms with Crippen LogP contribution in [-0.4, -0.2) is 83.2 Å². The van der Waals surface area contributed by atoms with Crippen LogP contribution in [0, 0.1) is 25.7 Å². The minimum absolute atomic E-state index is 0.00584. The normalized spacial score (nSPS) is 29.8. The number of aryl methyl sites for hydroxylation is 2. The molecule has 3 amide bonds. The zero-order valence-corrected chi connectivity index (χ0v) is 22.4. The number of likely N-dealkylation sites (tertiary alicyclic amines) is 1. The Kier molecular flexibility index (Phi) is 7.36. The second kappa shape index (κ2) is 10.1. The molecule has 3 aliphatic heterocycles. The third kappa shape index (κ3) is 4.01. The quantitative estimate of drug-likeness (QED) is 0.490. The third-order valence-electron chi connectivity index (χ3n) is 8.53. The number of amides is 3. The van der Waals surface area contributed by atoms with Gasteiger partial charge in [0.15, 0.2) is 0 Å². The summed E-state index contributed by atoms with van der Waals surface area (Å²) in [6.45, 7) is 13.8. The molecule has 0 aromatic heterocycles. The summed E-state index contributed by atoms with van der Waals surface area (Å²) in [5.41, 5.74) is 0.739. The number of hydrogen-bond donors (Lipinski definition) is 1. The number of likely N-dealkylation sites (N-methyl/N-ethyl adjacent to an activating group) is 1. The topological polar surface area (TPSA) is 90.4 Å². The number of fused-ring (bicyclic) bond motifs is 1. The fraction of sp³-hybridized carbons (Fsp3) is 0.552. The first kappa shape index (κ1) is 27.1. The van der Waals surface area contributed by atoms with Gasteiger partial charge in [-0.2, -0.15) is 0 Å². The Labute approximate surface area is 219 Å². The SMILES string of the molecule is C=CCN(C)C(=O)[C@H]1[C@H]2C(=O)N(CCO)C(C(=O)N(CC=C)c3cc(C)ccc3C)C23CC[C@]1(CC)O3. The Morgan fingerprint density at radius 3 is 2.51 bits per heavy atom. The maximum absolute atomic E-state index is 14.5. The molecular weight excluding hydrogens is 470 g/mol. The van der Waals surface area contributed by atoms with Crippen LogP contribution < -0.4 is 4.90 Å². The molecule has 2 unspecified atom stereocenters. The molecule has 3 fully saturated rings. The number of hydrogen-bond acceptors (Lipinski definition) is 5. The number of anilines is 1. The number of ether oxygens (including phenoxy) is 1. The molecule has 0 aliphatic carbocycles. The van der Waals surface area contributed by atoms with E-state index in [-0.39, 0.29) is 37.4 Å². The van der Waals surface area contributed by atoms with Crippen molar-refractivity contribution in [2.75, 3.05) is 38.2 Å². The summed E-state index contributed by atoms with van der Waals surface area (Å²) in [5.74, 6) is -2.23. The molecule has 1 N–H and O–H groups in total. The van der Waals surface area contributed by atoms with Crippen LogP contribution in [0.3, 0.4) is 0 Å². The number of aliphatic hydroxyl groups excluding tert-OH is 1. The monoisotopic (exact) mass is 509 g/mol. The number of carbonyl (C=O) groups is 3. The zero-order chi connectivity index (χ0) is 27.1. The van der Waals surface area contributed by atoms with Crippen LogP contribution in [-0.2, 0) is 19.1 Å². The van der Waals surface area contributed by atoms with Gasteiger partial charge in [0, 0.05) is 32.4 Å². The van der Waals surface area contributed by atoms with Crippen molar-refractivity contribution < 1.29 is 24.2 Å². The zero-order valence-electron chi connectivity index (χ0n) is 22.4. The number of nitrogens with zero attached hydrogens (tertiary/aromatic N) is 3. The van der Waals surface area contributed by atoms with Gasteiger partial charge >= 0.3 is 0 Å². The van der Waals surface area contributed by atoms with E-state index in [0.29, 0.717) is 25.8 Å². The lowest BCUT2D eigenvalue weighted by atomic mass is 9.64. The van der Waals surface area contributed by atoms with E-state index >= 15 is 0 Å². The summed E-state index contributed by atoms with van der Waals surface area (Å²) < 4.78 is 6.79. The summed E-state index contributed by atoms with van der Waals surface area (Å²) in [7, 11) is 1.70. The van der Waals surface area contributed by atoms with Gasteiger partial charge in [0.1, 0.15) is 11.6 Å². The van der Waals surface area contributed by atoms with E-state index in [1.54, 1.807) is 29.0 Å². The highest BCUT2D eigenvalue weighted by molar-refractivity contribution is 6.05. The van der Waals surface area contributed by atoms with Crippen molar-refractivity contribution in [2.45, 2.75) is 57.3 Å². The van der Waals surface area contributed by atoms with Gasteiger partial charge in [-0.05, 0) is 50.3 Å². The Morgan fingerprint density at radius 1 is 1.19 bits per heavy atom. The molecule has 37 heavy (non-hydrogen) atoms. The first-order valence-corrected chi connectivity index (χ1v) is 13.1. The first-order chi connectivity index (χ1) is 17.6. The molecule has 200 valence electrons. The van der Waals surface area contributed by atoms with Gasteiger partial charge in [-0.25, -0.2) is 0 Å². The fourth-order valence-corrected chi connectivity index (χ4v) is 6.84. The van der Waals surface area contributed by atoms with Crippen LogP contribution in [0.4, 0.5) is 5.69 Å². The van der Waals surface area contributed by atoms with E-state index in [4.69, 9.17) is 4.74 Å². The number of benzene rings is 1. The Morgan fingerprint density at radius 2 is 1.89 bits per heavy atom. The highest BCUT2D eigenvalue weighted by Crippen LogP contribution is 2.64. The molecule has 8 nitrogen and oxygen atoms in total. The average molecular weight is 510 g/mol. The highest BCUT2D eigenvalue weighted by atomic mass is 16.5. The van der Waals surface area contributed by atoms with E-state index in [0.717, 1.165) is 16.8 Å². The Hall–Kier alpha value is -2.97. The summed E-state index contributed by atoms with van der Waals surface area (Å²) >= 11 is 0. The minimum atomic E-state index is -1.13. The maximum Gasteiger partial charge on any atom is 0.253 e. The highest BCUT2D eigenvalue weighted by Gasteiger charge is 2.79. The van der Waals surface area contributed by atoms with Crippen LogP contribution in [0.5, 0.6) is 0 Å². The van der Waals surface area contributed by atoms with Gasteiger partial charge in [-0.3, -0.25) is 14.4 Å². The van der Waals surface area contributed by atoms with E-state index < -0.39 is 29.1 Å². The molecular formula is C29H39N3O5. The van der Waals surface area contributed by atoms with Crippen molar-refractivity contribution in [1.29, 1.82) is 0 Å². The third-order valence-corrected chi connectivity index (χ3v) is 8.53. The number of carbonyl (C=O) groups excluding carboxylic acids is 3. The lowest BCUT2D eigenvalue weighted by Gasteiger charge is -2.37. The van der Waals surface area contributed by atoms with Crippen molar-refractivity contribution in [2.24, 2.45) is 11.8 Å². The first-order valence-electron chi connectivity index (χ1n) is 13.1. The van der Waals surface area contributed by atoms with Gasteiger partial charge < -0.3 is 24.5 Å². The molecule has 0 saturated carbocycles. The van der Waals surface area contributed by atoms with Gasteiger partial charge in [0.2, 0.25) is 11.8 Å². The van der Waals surface area contributed by atoms with Gasteiger partial charge in [-0.15, -0.1) is 13.2 Å². The smallest absolute Gasteiger partial charge is 0.253 e. The minimum Gasteiger partial charge on any atom is -0.395 e. The number of rotatable bonds is 10. The maximum atomic E-state index is 14.5. The molecule has 3 heterocycles. The average Bonchev–Trinajstić information content (AvgIpc) is 3.47. The largest absolute Gasteiger partial charge is 0.395 e. The molecule has 0 radical (unpaired) electrons. The van der Waals surface area contributed by atoms with Crippen molar-refractivity contribution in [1.82, 2.24) is 9.80 Å². The molecule has 1 aromatic rings. The van der Waals surface area contributed by atoms with Crippen molar-refractivity contribution in [3.05, 3.63) is 54.6 Å². The second-order valence-electron chi connectivity index (χ2n) is 10.6. The molecule has 2 bridgehead atoms. The van der Waals surface area contributed by atoms with Gasteiger partial charge in [-0.1, -0.05) is 31.2 Å². The van der Waals surface area contributed by atoms with Crippen molar-refractivity contribution in [3.8, 4) is 0 Å². The number of β-amino-alcohol motifs (C(OH)–C–C–N with tert-alkyl or cyclic N) is 1. The summed E-state index contributed by atoms with van der Waals surface area (Å²) in [6, 6.07) is 4.96. The molecule has 1 spiro atoms. The van der Waals surface area contributed by atoms with Crippen LogP contribution >= 0.6 is 0 Å². The summed E-state index contributed by atoms with van der Waals surface area (Å²) in [6.07, 6.45) is 4.97. The fourth-order valence-electron chi connectivity index (χ4n) is 6.84. The van der Waals surface area contributed by atoms with Crippen LogP contribution in [0.1, 0.15) is 37.3 Å². The predicted octanol–water partition coefficient (Wildman–Crippen LogP) is 2.61. The van der Waals surface area contributed by atoms with Gasteiger partial charge in [0.25, 0.3) is 5.91 Å². The molecule has 4 rings (SSSR count). The molecule has 1 aromatic carbocycles. The van der Waals surface area contributed by atoms with E-state index in [2.05, 4.69) is 13.2 Å². The van der Waals surface area contributed by atoms with E-state index in [9.17, 15) is 19.5 Å². The van der Waals surface area contributed by atoms with Crippen molar-refractivity contribution >= 4 is 23.4 Å². The standard InChI is InChI=1S/C29H39N3O5/c1-7-14-30(6)25(34)22-23-26(35)32(16-17-33)24(29(23)13-12-28(22,9-3)37-29)27(36)31(15-8-2)21-18-19(4)10-11-20(21)5/h7-8,10-11,18,22-24,33H,1-2,9,12-17H2,3-6H3/t22-,23+,24?,28+,29?/m1/s1. The molecule has 3 aliphatic rings. The molecule has 8 heteroatoms. The van der Waals surface area contributed by atoms with Crippen LogP contribution in [0.25, 0.3) is 0 Å². The van der Waals surface area contributed by atoms with Gasteiger partial charge in [0.05, 0.1) is 24.0 Å². The Bertz CT molecular complexity index is 1120. The molecule has 3 saturated heterocycles. The van der Waals surface area contributed by atoms with Crippen LogP contribution in [0.15, 0.2) is 43.5 Å². The summed E-state index contributed by atoms with van der Waals surface area (Å²) in [4.78, 5) is 46.9. The second-order valence-corrected chi connectivity index (χ2v) is 10.6. The number of aliphatic hydroxyl groups is 1. The van der Waals surface area contributed by atoms with E-state index in [1.165, 1.54) is 4.90 Å². The lowest BCUT2D eigenvalue weighted by Crippen LogP contribution is -2.57. The van der Waals surface area contributed by atoms with E-state index in [1.807, 2.05) is 39.0 Å². The lowest BCUT2D eigenvalue weighted by molar-refractivity contribution is -0.150. The van der Waals surface area contributed by atoms with Crippen molar-refractivity contribution in [3.63, 3.8) is 0 Å². The summed E-state index contributed by atoms with van der Waals surface area (Å²) in [5, 5.41) is 9.88. The van der Waals surface area contributed by atoms with Crippen LogP contribution in [0.2, 0.25) is 0 Å². The molecule has 5 atom stereocenters. The Balaban J connectivity index is 1.84.